The maximum atomic E-state index is 13.3. The number of aliphatic hydroxyl groups excluding tert-OH is 1. The molecule has 3 aromatic rings. The van der Waals surface area contributed by atoms with Crippen LogP contribution in [0.1, 0.15) is 44.7 Å². The second-order valence-corrected chi connectivity index (χ2v) is 9.01. The maximum Gasteiger partial charge on any atom is 0.407 e. The maximum absolute atomic E-state index is 13.3. The molecule has 0 aliphatic carbocycles. The molecule has 0 aliphatic heterocycles. The lowest BCUT2D eigenvalue weighted by Crippen LogP contribution is -2.37. The molecule has 8 nitrogen and oxygen atoms in total. The van der Waals surface area contributed by atoms with Crippen LogP contribution in [0.25, 0.3) is 10.8 Å². The minimum Gasteiger partial charge on any atom is -0.444 e. The van der Waals surface area contributed by atoms with Crippen molar-refractivity contribution in [3.8, 4) is 0 Å². The van der Waals surface area contributed by atoms with Crippen LogP contribution in [0.4, 0.5) is 10.5 Å². The van der Waals surface area contributed by atoms with Gasteiger partial charge in [-0.1, -0.05) is 30.3 Å². The first-order valence-electron chi connectivity index (χ1n) is 11.1. The molecule has 2 aromatic carbocycles. The molecule has 3 rings (SSSR count). The highest BCUT2D eigenvalue weighted by molar-refractivity contribution is 5.98. The second kappa shape index (κ2) is 11.1. The molecule has 0 fully saturated rings. The largest absolute Gasteiger partial charge is 0.444 e. The van der Waals surface area contributed by atoms with Gasteiger partial charge in [0.05, 0.1) is 12.5 Å². The van der Waals surface area contributed by atoms with Gasteiger partial charge in [-0.3, -0.25) is 9.78 Å². The fourth-order valence-electron chi connectivity index (χ4n) is 3.31. The SMILES string of the molecule is CC(O)OCc1ccc(C(CNC(=O)OC(C)(C)C)C(=O)Nc2ccc3cnccc3c2)cc1. The lowest BCUT2D eigenvalue weighted by atomic mass is 9.96. The number of alkyl carbamates (subject to hydrolysis) is 1. The standard InChI is InChI=1S/C26H31N3O5/c1-17(30)33-16-18-5-7-19(8-6-18)23(15-28-25(32)34-26(2,3)4)24(31)29-22-10-9-21-14-27-12-11-20(21)13-22/h5-14,17,23,30H,15-16H2,1-4H3,(H,28,32)(H,29,31). The highest BCUT2D eigenvalue weighted by Crippen LogP contribution is 2.22. The van der Waals surface area contributed by atoms with Crippen LogP contribution >= 0.6 is 0 Å². The van der Waals surface area contributed by atoms with Crippen LogP contribution in [-0.4, -0.2) is 40.5 Å². The number of pyridine rings is 1. The highest BCUT2D eigenvalue weighted by atomic mass is 16.6. The number of carbonyl (C=O) groups excluding carboxylic acids is 2. The molecule has 8 heteroatoms. The normalized spacial score (nSPS) is 13.2. The fraction of sp³-hybridized carbons (Fsp3) is 0.346. The van der Waals surface area contributed by atoms with Gasteiger partial charge in [-0.2, -0.15) is 0 Å². The number of nitrogens with one attached hydrogen (secondary N) is 2. The molecule has 2 unspecified atom stereocenters. The first-order valence-corrected chi connectivity index (χ1v) is 11.1. The Morgan fingerprint density at radius 3 is 2.47 bits per heavy atom. The van der Waals surface area contributed by atoms with Crippen LogP contribution in [0.15, 0.2) is 60.9 Å². The van der Waals surface area contributed by atoms with E-state index >= 15 is 0 Å². The number of benzene rings is 2. The molecule has 34 heavy (non-hydrogen) atoms. The number of ether oxygens (including phenoxy) is 2. The Balaban J connectivity index is 1.77. The molecule has 2 atom stereocenters. The summed E-state index contributed by atoms with van der Waals surface area (Å²) in [6.07, 6.45) is 2.00. The molecule has 2 amide bonds. The number of aliphatic hydroxyl groups is 1. The number of aromatic nitrogens is 1. The number of carbonyl (C=O) groups is 2. The van der Waals surface area contributed by atoms with Crippen molar-refractivity contribution in [2.24, 2.45) is 0 Å². The van der Waals surface area contributed by atoms with Crippen molar-refractivity contribution in [1.29, 1.82) is 0 Å². The number of anilines is 1. The Morgan fingerprint density at radius 1 is 1.06 bits per heavy atom. The molecule has 180 valence electrons. The number of hydrogen-bond donors (Lipinski definition) is 3. The van der Waals surface area contributed by atoms with E-state index in [1.807, 2.05) is 48.5 Å². The molecule has 0 saturated heterocycles. The summed E-state index contributed by atoms with van der Waals surface area (Å²) in [6, 6.07) is 14.7. The van der Waals surface area contributed by atoms with Gasteiger partial charge in [0.2, 0.25) is 5.91 Å². The van der Waals surface area contributed by atoms with Gasteiger partial charge >= 0.3 is 6.09 Å². The molecule has 0 aliphatic rings. The lowest BCUT2D eigenvalue weighted by Gasteiger charge is -2.22. The lowest BCUT2D eigenvalue weighted by molar-refractivity contribution is -0.117. The molecule has 0 bridgehead atoms. The van der Waals surface area contributed by atoms with E-state index < -0.39 is 23.9 Å². The average molecular weight is 466 g/mol. The van der Waals surface area contributed by atoms with Crippen molar-refractivity contribution in [1.82, 2.24) is 10.3 Å². The van der Waals surface area contributed by atoms with Crippen LogP contribution in [0.3, 0.4) is 0 Å². The Morgan fingerprint density at radius 2 is 1.79 bits per heavy atom. The van der Waals surface area contributed by atoms with Crippen LogP contribution in [0.5, 0.6) is 0 Å². The number of fused-ring (bicyclic) bond motifs is 1. The monoisotopic (exact) mass is 465 g/mol. The number of nitrogens with zero attached hydrogens (tertiary/aromatic N) is 1. The molecular weight excluding hydrogens is 434 g/mol. The summed E-state index contributed by atoms with van der Waals surface area (Å²) in [7, 11) is 0. The van der Waals surface area contributed by atoms with Gasteiger partial charge in [0.15, 0.2) is 6.29 Å². The molecular formula is C26H31N3O5. The fourth-order valence-corrected chi connectivity index (χ4v) is 3.31. The Labute approximate surface area is 199 Å². The third-order valence-corrected chi connectivity index (χ3v) is 4.95. The average Bonchev–Trinajstić information content (AvgIpc) is 2.77. The van der Waals surface area contributed by atoms with E-state index in [9.17, 15) is 14.7 Å². The molecule has 1 aromatic heterocycles. The van der Waals surface area contributed by atoms with E-state index in [0.717, 1.165) is 21.9 Å². The molecule has 3 N–H and O–H groups in total. The molecule has 0 saturated carbocycles. The zero-order valence-corrected chi connectivity index (χ0v) is 19.9. The summed E-state index contributed by atoms with van der Waals surface area (Å²) < 4.78 is 10.5. The van der Waals surface area contributed by atoms with E-state index in [4.69, 9.17) is 9.47 Å². The quantitative estimate of drug-likeness (QED) is 0.427. The zero-order chi connectivity index (χ0) is 24.7. The van der Waals surface area contributed by atoms with E-state index in [2.05, 4.69) is 15.6 Å². The van der Waals surface area contributed by atoms with Crippen molar-refractivity contribution in [2.45, 2.75) is 52.1 Å². The summed E-state index contributed by atoms with van der Waals surface area (Å²) in [5.74, 6) is -0.926. The van der Waals surface area contributed by atoms with E-state index in [0.29, 0.717) is 5.69 Å². The minimum absolute atomic E-state index is 0.0573. The van der Waals surface area contributed by atoms with Crippen LogP contribution in [0.2, 0.25) is 0 Å². The van der Waals surface area contributed by atoms with Crippen LogP contribution in [-0.2, 0) is 20.9 Å². The summed E-state index contributed by atoms with van der Waals surface area (Å²) in [6.45, 7) is 7.18. The number of rotatable bonds is 8. The van der Waals surface area contributed by atoms with Crippen molar-refractivity contribution in [2.75, 3.05) is 11.9 Å². The Bertz CT molecular complexity index is 1120. The van der Waals surface area contributed by atoms with E-state index in [1.165, 1.54) is 0 Å². The number of hydrogen-bond acceptors (Lipinski definition) is 6. The molecule has 0 spiro atoms. The third kappa shape index (κ3) is 7.54. The summed E-state index contributed by atoms with van der Waals surface area (Å²) in [5.41, 5.74) is 1.58. The first kappa shape index (κ1) is 25.1. The van der Waals surface area contributed by atoms with Crippen LogP contribution in [0, 0.1) is 0 Å². The Hall–Kier alpha value is -3.49. The summed E-state index contributed by atoms with van der Waals surface area (Å²) >= 11 is 0. The van der Waals surface area contributed by atoms with Crippen LogP contribution < -0.4 is 10.6 Å². The second-order valence-electron chi connectivity index (χ2n) is 9.01. The summed E-state index contributed by atoms with van der Waals surface area (Å²) in [4.78, 5) is 29.6. The number of amides is 2. The highest BCUT2D eigenvalue weighted by Gasteiger charge is 2.24. The van der Waals surface area contributed by atoms with E-state index in [1.54, 1.807) is 40.1 Å². The minimum atomic E-state index is -0.867. The van der Waals surface area contributed by atoms with Crippen molar-refractivity contribution in [3.05, 3.63) is 72.1 Å². The molecule has 1 heterocycles. The third-order valence-electron chi connectivity index (χ3n) is 4.95. The van der Waals surface area contributed by atoms with Gasteiger partial charge in [-0.25, -0.2) is 4.79 Å². The smallest absolute Gasteiger partial charge is 0.407 e. The Kier molecular flexibility index (Phi) is 8.20. The van der Waals surface area contributed by atoms with E-state index in [-0.39, 0.29) is 19.1 Å². The summed E-state index contributed by atoms with van der Waals surface area (Å²) in [5, 5.41) is 16.9. The van der Waals surface area contributed by atoms with Gasteiger partial charge in [0.1, 0.15) is 5.60 Å². The van der Waals surface area contributed by atoms with Crippen molar-refractivity contribution >= 4 is 28.5 Å². The van der Waals surface area contributed by atoms with Crippen molar-refractivity contribution < 1.29 is 24.2 Å². The molecule has 0 radical (unpaired) electrons. The predicted molar refractivity (Wildman–Crippen MR) is 130 cm³/mol. The van der Waals surface area contributed by atoms with Gasteiger partial charge in [-0.15, -0.1) is 0 Å². The van der Waals surface area contributed by atoms with Crippen molar-refractivity contribution in [3.63, 3.8) is 0 Å². The zero-order valence-electron chi connectivity index (χ0n) is 19.9. The van der Waals surface area contributed by atoms with Gasteiger partial charge in [0.25, 0.3) is 0 Å². The topological polar surface area (TPSA) is 110 Å². The van der Waals surface area contributed by atoms with Gasteiger partial charge < -0.3 is 25.2 Å². The van der Waals surface area contributed by atoms with Gasteiger partial charge in [0, 0.05) is 30.0 Å². The first-order chi connectivity index (χ1) is 16.1. The predicted octanol–water partition coefficient (Wildman–Crippen LogP) is 4.34. The van der Waals surface area contributed by atoms with Gasteiger partial charge in [-0.05, 0) is 62.4 Å².